The summed E-state index contributed by atoms with van der Waals surface area (Å²) in [6.07, 6.45) is 9.03. The number of fused-ring (bicyclic) bond motifs is 1. The van der Waals surface area contributed by atoms with Crippen LogP contribution in [0, 0.1) is 5.82 Å². The van der Waals surface area contributed by atoms with Crippen molar-refractivity contribution < 1.29 is 4.39 Å². The van der Waals surface area contributed by atoms with Crippen LogP contribution in [0.1, 0.15) is 63.5 Å². The fourth-order valence-electron chi connectivity index (χ4n) is 2.76. The highest BCUT2D eigenvalue weighted by Gasteiger charge is 2.20. The fraction of sp³-hybridized carbons (Fsp3) is 0.647. The number of rotatable bonds is 8. The molecular weight excluding hydrogens is 269 g/mol. The Kier molecular flexibility index (Phi) is 6.88. The highest BCUT2D eigenvalue weighted by Crippen LogP contribution is 2.36. The van der Waals surface area contributed by atoms with E-state index in [1.807, 2.05) is 17.8 Å². The van der Waals surface area contributed by atoms with Gasteiger partial charge in [0.05, 0.1) is 0 Å². The first kappa shape index (κ1) is 15.8. The van der Waals surface area contributed by atoms with Gasteiger partial charge in [0.1, 0.15) is 5.82 Å². The molecule has 3 heteroatoms. The third-order valence-electron chi connectivity index (χ3n) is 3.93. The molecule has 1 N–H and O–H groups in total. The van der Waals surface area contributed by atoms with Crippen molar-refractivity contribution >= 4 is 11.8 Å². The lowest BCUT2D eigenvalue weighted by molar-refractivity contribution is 0.483. The van der Waals surface area contributed by atoms with E-state index in [2.05, 4.69) is 12.2 Å². The van der Waals surface area contributed by atoms with Crippen LogP contribution in [0.2, 0.25) is 0 Å². The number of thioether (sulfide) groups is 1. The molecular formula is C17H26FNS. The molecule has 1 nitrogen and oxygen atoms in total. The molecule has 0 spiro atoms. The molecule has 2 rings (SSSR count). The number of unbranched alkanes of at least 4 members (excludes halogenated alkanes) is 5. The Hall–Kier alpha value is -0.540. The van der Waals surface area contributed by atoms with Crippen molar-refractivity contribution in [3.05, 3.63) is 29.6 Å². The van der Waals surface area contributed by atoms with E-state index in [1.165, 1.54) is 43.4 Å². The smallest absolute Gasteiger partial charge is 0.123 e. The van der Waals surface area contributed by atoms with Crippen LogP contribution in [0.3, 0.4) is 0 Å². The van der Waals surface area contributed by atoms with E-state index in [9.17, 15) is 4.39 Å². The maximum Gasteiger partial charge on any atom is 0.123 e. The molecule has 0 radical (unpaired) electrons. The Bertz CT molecular complexity index is 408. The van der Waals surface area contributed by atoms with Crippen molar-refractivity contribution in [2.45, 2.75) is 62.8 Å². The minimum Gasteiger partial charge on any atom is -0.310 e. The van der Waals surface area contributed by atoms with Crippen LogP contribution < -0.4 is 5.32 Å². The van der Waals surface area contributed by atoms with E-state index >= 15 is 0 Å². The van der Waals surface area contributed by atoms with Crippen LogP contribution in [-0.2, 0) is 0 Å². The molecule has 0 amide bonds. The van der Waals surface area contributed by atoms with Gasteiger partial charge in [-0.25, -0.2) is 4.39 Å². The van der Waals surface area contributed by atoms with Crippen molar-refractivity contribution in [3.8, 4) is 0 Å². The van der Waals surface area contributed by atoms with Gasteiger partial charge in [0.2, 0.25) is 0 Å². The van der Waals surface area contributed by atoms with E-state index in [0.29, 0.717) is 6.04 Å². The molecule has 112 valence electrons. The van der Waals surface area contributed by atoms with Gasteiger partial charge in [-0.2, -0.15) is 0 Å². The van der Waals surface area contributed by atoms with E-state index in [4.69, 9.17) is 0 Å². The van der Waals surface area contributed by atoms with Crippen molar-refractivity contribution in [3.63, 3.8) is 0 Å². The van der Waals surface area contributed by atoms with Crippen LogP contribution in [0.15, 0.2) is 23.1 Å². The molecule has 0 bridgehead atoms. The van der Waals surface area contributed by atoms with Gasteiger partial charge in [-0.1, -0.05) is 39.0 Å². The molecule has 1 aliphatic rings. The number of hydrogen-bond donors (Lipinski definition) is 1. The van der Waals surface area contributed by atoms with Crippen LogP contribution in [0.4, 0.5) is 4.39 Å². The van der Waals surface area contributed by atoms with E-state index in [-0.39, 0.29) is 5.82 Å². The predicted molar refractivity (Wildman–Crippen MR) is 85.9 cm³/mol. The first-order valence-corrected chi connectivity index (χ1v) is 8.95. The van der Waals surface area contributed by atoms with Gasteiger partial charge < -0.3 is 5.32 Å². The quantitative estimate of drug-likeness (QED) is 0.652. The summed E-state index contributed by atoms with van der Waals surface area (Å²) >= 11 is 1.85. The number of benzene rings is 1. The third-order valence-corrected chi connectivity index (χ3v) is 5.06. The number of nitrogens with one attached hydrogen (secondary N) is 1. The Balaban J connectivity index is 1.73. The largest absolute Gasteiger partial charge is 0.310 e. The molecule has 0 saturated heterocycles. The highest BCUT2D eigenvalue weighted by atomic mass is 32.2. The molecule has 1 heterocycles. The average Bonchev–Trinajstić information content (AvgIpc) is 2.46. The first-order chi connectivity index (χ1) is 9.81. The van der Waals surface area contributed by atoms with E-state index in [0.717, 1.165) is 24.3 Å². The van der Waals surface area contributed by atoms with Gasteiger partial charge >= 0.3 is 0 Å². The first-order valence-electron chi connectivity index (χ1n) is 7.97. The second kappa shape index (κ2) is 8.68. The molecule has 0 saturated carbocycles. The summed E-state index contributed by atoms with van der Waals surface area (Å²) < 4.78 is 13.4. The number of hydrogen-bond acceptors (Lipinski definition) is 2. The Morgan fingerprint density at radius 3 is 2.85 bits per heavy atom. The zero-order chi connectivity index (χ0) is 14.2. The normalized spacial score (nSPS) is 18.0. The summed E-state index contributed by atoms with van der Waals surface area (Å²) in [6.45, 7) is 3.30. The van der Waals surface area contributed by atoms with Crippen LogP contribution in [0.5, 0.6) is 0 Å². The Morgan fingerprint density at radius 1 is 1.20 bits per heavy atom. The maximum absolute atomic E-state index is 13.4. The van der Waals surface area contributed by atoms with E-state index in [1.54, 1.807) is 12.1 Å². The fourth-order valence-corrected chi connectivity index (χ4v) is 3.86. The van der Waals surface area contributed by atoms with Gasteiger partial charge in [-0.05, 0) is 48.9 Å². The summed E-state index contributed by atoms with van der Waals surface area (Å²) in [5.74, 6) is 1.02. The van der Waals surface area contributed by atoms with Crippen molar-refractivity contribution in [2.24, 2.45) is 0 Å². The minimum atomic E-state index is -0.113. The SMILES string of the molecule is CCCCCCCCNC1CCSc2ccc(F)cc21. The standard InChI is InChI=1S/C17H26FNS/c1-2-3-4-5-6-7-11-19-16-10-12-20-17-9-8-14(18)13-15(16)17/h8-9,13,16,19H,2-7,10-12H2,1H3. The van der Waals surface area contributed by atoms with E-state index < -0.39 is 0 Å². The lowest BCUT2D eigenvalue weighted by Gasteiger charge is -2.26. The third kappa shape index (κ3) is 4.78. The van der Waals surface area contributed by atoms with Crippen LogP contribution in [-0.4, -0.2) is 12.3 Å². The summed E-state index contributed by atoms with van der Waals surface area (Å²) in [6, 6.07) is 5.55. The number of halogens is 1. The lowest BCUT2D eigenvalue weighted by atomic mass is 10.0. The molecule has 20 heavy (non-hydrogen) atoms. The summed E-state index contributed by atoms with van der Waals surface area (Å²) in [5, 5.41) is 3.62. The Labute approximate surface area is 126 Å². The highest BCUT2D eigenvalue weighted by molar-refractivity contribution is 7.99. The summed E-state index contributed by atoms with van der Waals surface area (Å²) in [7, 11) is 0. The van der Waals surface area contributed by atoms with Crippen molar-refractivity contribution in [2.75, 3.05) is 12.3 Å². The predicted octanol–water partition coefficient (Wildman–Crippen LogP) is 5.31. The molecule has 0 aromatic heterocycles. The zero-order valence-corrected chi connectivity index (χ0v) is 13.3. The minimum absolute atomic E-state index is 0.113. The van der Waals surface area contributed by atoms with Gasteiger partial charge in [0.25, 0.3) is 0 Å². The van der Waals surface area contributed by atoms with Crippen LogP contribution >= 0.6 is 11.8 Å². The van der Waals surface area contributed by atoms with Crippen LogP contribution in [0.25, 0.3) is 0 Å². The second-order valence-electron chi connectivity index (χ2n) is 5.59. The molecule has 1 aromatic rings. The summed E-state index contributed by atoms with van der Waals surface area (Å²) in [5.41, 5.74) is 1.16. The second-order valence-corrected chi connectivity index (χ2v) is 6.73. The van der Waals surface area contributed by atoms with Gasteiger partial charge in [0.15, 0.2) is 0 Å². The lowest BCUT2D eigenvalue weighted by Crippen LogP contribution is -2.25. The molecule has 1 aromatic carbocycles. The zero-order valence-electron chi connectivity index (χ0n) is 12.5. The van der Waals surface area contributed by atoms with Gasteiger partial charge in [0, 0.05) is 10.9 Å². The monoisotopic (exact) mass is 295 g/mol. The molecule has 1 aliphatic heterocycles. The maximum atomic E-state index is 13.4. The summed E-state index contributed by atoms with van der Waals surface area (Å²) in [4.78, 5) is 1.25. The molecule has 0 fully saturated rings. The van der Waals surface area contributed by atoms with Gasteiger partial charge in [-0.3, -0.25) is 0 Å². The van der Waals surface area contributed by atoms with Crippen molar-refractivity contribution in [1.82, 2.24) is 5.32 Å². The molecule has 1 atom stereocenters. The van der Waals surface area contributed by atoms with Crippen molar-refractivity contribution in [1.29, 1.82) is 0 Å². The Morgan fingerprint density at radius 2 is 2.00 bits per heavy atom. The van der Waals surface area contributed by atoms with Gasteiger partial charge in [-0.15, -0.1) is 11.8 Å². The molecule has 0 aliphatic carbocycles. The average molecular weight is 295 g/mol. The topological polar surface area (TPSA) is 12.0 Å². The molecule has 1 unspecified atom stereocenters.